The van der Waals surface area contributed by atoms with Crippen LogP contribution in [0.2, 0.25) is 0 Å². The van der Waals surface area contributed by atoms with Crippen LogP contribution >= 0.6 is 0 Å². The quantitative estimate of drug-likeness (QED) is 0.559. The number of likely N-dealkylation sites (tertiary alicyclic amines) is 1. The van der Waals surface area contributed by atoms with Gasteiger partial charge in [0.05, 0.1) is 0 Å². The first-order valence-electron chi connectivity index (χ1n) is 6.05. The van der Waals surface area contributed by atoms with Crippen molar-refractivity contribution in [1.82, 2.24) is 4.90 Å². The summed E-state index contributed by atoms with van der Waals surface area (Å²) >= 11 is 0. The Balaban J connectivity index is 0.000000617. The largest absolute Gasteiger partial charge is 1.00 e. The van der Waals surface area contributed by atoms with Gasteiger partial charge in [-0.15, -0.1) is 6.61 Å². The molecule has 2 fully saturated rings. The van der Waals surface area contributed by atoms with Crippen LogP contribution in [0.25, 0.3) is 0 Å². The monoisotopic (exact) mass is 237 g/mol. The summed E-state index contributed by atoms with van der Waals surface area (Å²) in [7, 11) is 0. The molecule has 1 aliphatic heterocycles. The summed E-state index contributed by atoms with van der Waals surface area (Å²) < 4.78 is 0. The van der Waals surface area contributed by atoms with Crippen molar-refractivity contribution in [2.24, 2.45) is 11.3 Å². The normalized spacial score (nSPS) is 27.6. The van der Waals surface area contributed by atoms with E-state index in [0.717, 1.165) is 12.5 Å². The molecular weight excluding hydrogens is 213 g/mol. The van der Waals surface area contributed by atoms with Crippen molar-refractivity contribution >= 4 is 0 Å². The van der Waals surface area contributed by atoms with Crippen LogP contribution in [0.1, 0.15) is 40.0 Å². The van der Waals surface area contributed by atoms with E-state index in [1.165, 1.54) is 32.4 Å². The fourth-order valence-electron chi connectivity index (χ4n) is 2.17. The van der Waals surface area contributed by atoms with Crippen molar-refractivity contribution < 1.29 is 56.5 Å². The van der Waals surface area contributed by atoms with Gasteiger partial charge in [0.15, 0.2) is 0 Å². The predicted octanol–water partition coefficient (Wildman–Crippen LogP) is -1.50. The van der Waals surface area contributed by atoms with Gasteiger partial charge in [0.25, 0.3) is 0 Å². The smallest absolute Gasteiger partial charge is 0.854 e. The molecule has 1 unspecified atom stereocenters. The van der Waals surface area contributed by atoms with E-state index >= 15 is 0 Å². The van der Waals surface area contributed by atoms with E-state index in [2.05, 4.69) is 11.8 Å². The molecule has 84 valence electrons. The Kier molecular flexibility index (Phi) is 8.61. The third-order valence-corrected chi connectivity index (χ3v) is 3.33. The molecule has 1 saturated carbocycles. The molecule has 0 bridgehead atoms. The maximum atomic E-state index is 10.9. The van der Waals surface area contributed by atoms with Crippen LogP contribution < -0.4 is 56.5 Å². The van der Waals surface area contributed by atoms with Crippen molar-refractivity contribution in [3.63, 3.8) is 0 Å². The van der Waals surface area contributed by atoms with Crippen LogP contribution in [-0.4, -0.2) is 31.1 Å². The van der Waals surface area contributed by atoms with E-state index in [9.17, 15) is 5.11 Å². The van der Waals surface area contributed by atoms with E-state index in [4.69, 9.17) is 0 Å². The Morgan fingerprint density at radius 2 is 1.93 bits per heavy atom. The van der Waals surface area contributed by atoms with Gasteiger partial charge in [-0.1, -0.05) is 20.8 Å². The molecule has 2 aliphatic rings. The summed E-state index contributed by atoms with van der Waals surface area (Å²) in [5.41, 5.74) is 0.212. The maximum absolute atomic E-state index is 10.9. The zero-order valence-electron chi connectivity index (χ0n) is 10.9. The molecule has 0 radical (unpaired) electrons. The number of hydrogen-bond donors (Lipinski definition) is 0. The Bertz CT molecular complexity index is 171. The second kappa shape index (κ2) is 7.80. The number of nitrogens with zero attached hydrogens (tertiary/aromatic N) is 1. The molecule has 0 amide bonds. The van der Waals surface area contributed by atoms with E-state index in [0.29, 0.717) is 0 Å². The van der Waals surface area contributed by atoms with Crippen molar-refractivity contribution in [2.45, 2.75) is 40.0 Å². The summed E-state index contributed by atoms with van der Waals surface area (Å²) in [6.07, 6.45) is 3.69. The van der Waals surface area contributed by atoms with Crippen LogP contribution in [0.3, 0.4) is 0 Å². The first kappa shape index (κ1) is 16.6. The molecular formula is C12H24KNO. The average Bonchev–Trinajstić information content (AvgIpc) is 2.87. The van der Waals surface area contributed by atoms with Gasteiger partial charge in [-0.25, -0.2) is 0 Å². The molecule has 1 heterocycles. The average molecular weight is 237 g/mol. The molecule has 1 aliphatic carbocycles. The topological polar surface area (TPSA) is 26.3 Å². The molecule has 3 heteroatoms. The van der Waals surface area contributed by atoms with Crippen LogP contribution in [0.5, 0.6) is 0 Å². The molecule has 1 atom stereocenters. The number of hydrogen-bond acceptors (Lipinski definition) is 2. The van der Waals surface area contributed by atoms with Crippen LogP contribution in [0, 0.1) is 11.3 Å². The molecule has 1 saturated heterocycles. The molecule has 15 heavy (non-hydrogen) atoms. The summed E-state index contributed by atoms with van der Waals surface area (Å²) in [6, 6.07) is 0. The van der Waals surface area contributed by atoms with Gasteiger partial charge >= 0.3 is 51.4 Å². The van der Waals surface area contributed by atoms with Crippen molar-refractivity contribution in [3.05, 3.63) is 0 Å². The third-order valence-electron chi connectivity index (χ3n) is 3.33. The Labute approximate surface area is 137 Å². The van der Waals surface area contributed by atoms with E-state index in [1.807, 2.05) is 13.8 Å². The van der Waals surface area contributed by atoms with Gasteiger partial charge in [-0.2, -0.15) is 0 Å². The maximum Gasteiger partial charge on any atom is 1.00 e. The zero-order chi connectivity index (χ0) is 10.6. The molecule has 0 aromatic heterocycles. The second-order valence-corrected chi connectivity index (χ2v) is 4.77. The van der Waals surface area contributed by atoms with E-state index in [-0.39, 0.29) is 63.4 Å². The summed E-state index contributed by atoms with van der Waals surface area (Å²) in [5, 5.41) is 10.9. The first-order chi connectivity index (χ1) is 6.74. The third kappa shape index (κ3) is 5.15. The van der Waals surface area contributed by atoms with Gasteiger partial charge in [0.1, 0.15) is 0 Å². The van der Waals surface area contributed by atoms with Crippen molar-refractivity contribution in [1.29, 1.82) is 0 Å². The Morgan fingerprint density at radius 1 is 1.33 bits per heavy atom. The van der Waals surface area contributed by atoms with Gasteiger partial charge in [-0.3, -0.25) is 0 Å². The minimum atomic E-state index is 0. The Hall–Kier alpha value is 1.56. The predicted molar refractivity (Wildman–Crippen MR) is 58.1 cm³/mol. The van der Waals surface area contributed by atoms with E-state index < -0.39 is 0 Å². The van der Waals surface area contributed by atoms with Crippen molar-refractivity contribution in [2.75, 3.05) is 26.2 Å². The summed E-state index contributed by atoms with van der Waals surface area (Å²) in [4.78, 5) is 2.48. The minimum Gasteiger partial charge on any atom is -0.854 e. The fraction of sp³-hybridized carbons (Fsp3) is 1.00. The summed E-state index contributed by atoms with van der Waals surface area (Å²) in [6.45, 7) is 9.99. The molecule has 0 spiro atoms. The fourth-order valence-corrected chi connectivity index (χ4v) is 2.17. The van der Waals surface area contributed by atoms with Gasteiger partial charge in [0.2, 0.25) is 0 Å². The van der Waals surface area contributed by atoms with Crippen LogP contribution in [-0.2, 0) is 0 Å². The minimum absolute atomic E-state index is 0. The number of rotatable bonds is 3. The SMILES string of the molecule is CC.CC1CCN(CC2(C[O-])CC2)C1.[K+]. The first-order valence-corrected chi connectivity index (χ1v) is 6.05. The van der Waals surface area contributed by atoms with Gasteiger partial charge < -0.3 is 10.0 Å². The van der Waals surface area contributed by atoms with Gasteiger partial charge in [-0.05, 0) is 37.1 Å². The molecule has 2 rings (SSSR count). The summed E-state index contributed by atoms with van der Waals surface area (Å²) in [5.74, 6) is 0.854. The van der Waals surface area contributed by atoms with Gasteiger partial charge in [0, 0.05) is 13.1 Å². The van der Waals surface area contributed by atoms with Crippen LogP contribution in [0.15, 0.2) is 0 Å². The van der Waals surface area contributed by atoms with E-state index in [1.54, 1.807) is 0 Å². The Morgan fingerprint density at radius 3 is 2.27 bits per heavy atom. The molecule has 0 aromatic rings. The zero-order valence-corrected chi connectivity index (χ0v) is 14.0. The molecule has 2 nitrogen and oxygen atoms in total. The standard InChI is InChI=1S/C10H18NO.C2H6.K/c1-9-2-5-11(6-9)7-10(8-12)3-4-10;1-2;/h9H,2-8H2,1H3;1-2H3;/q-1;;+1. The van der Waals surface area contributed by atoms with Crippen LogP contribution in [0.4, 0.5) is 0 Å². The second-order valence-electron chi connectivity index (χ2n) is 4.77. The van der Waals surface area contributed by atoms with Crippen molar-refractivity contribution in [3.8, 4) is 0 Å². The molecule has 0 N–H and O–H groups in total. The molecule has 0 aromatic carbocycles.